The first-order chi connectivity index (χ1) is 8.22. The molecule has 2 radical (unpaired) electrons. The van der Waals surface area contributed by atoms with E-state index in [-0.39, 0.29) is 4.88 Å². The number of aldehydes is 1. The van der Waals surface area contributed by atoms with E-state index in [1.807, 2.05) is 13.8 Å². The highest BCUT2D eigenvalue weighted by Gasteiger charge is 2.10. The molecule has 1 aromatic carbocycles. The highest BCUT2D eigenvalue weighted by molar-refractivity contribution is 7.20. The van der Waals surface area contributed by atoms with E-state index in [2.05, 4.69) is 0 Å². The van der Waals surface area contributed by atoms with Gasteiger partial charge in [0, 0.05) is 17.2 Å². The fraction of sp³-hybridized carbons (Fsp3) is 0.250. The van der Waals surface area contributed by atoms with Gasteiger partial charge in [0.1, 0.15) is 12.7 Å². The maximum atomic E-state index is 13.3. The van der Waals surface area contributed by atoms with Gasteiger partial charge in [0.25, 0.3) is 0 Å². The summed E-state index contributed by atoms with van der Waals surface area (Å²) in [6, 6.07) is 4.87. The van der Waals surface area contributed by atoms with Crippen molar-refractivity contribution in [3.63, 3.8) is 0 Å². The molecule has 90 valence electrons. The average Bonchev–Trinajstić information content (AvgIpc) is 2.70. The molecule has 0 bridgehead atoms. The van der Waals surface area contributed by atoms with Gasteiger partial charge < -0.3 is 5.11 Å². The second kappa shape index (κ2) is 7.98. The third-order valence-electron chi connectivity index (χ3n) is 1.79. The molecular formula is C12H14BFO2S. The molecule has 1 N–H and O–H groups in total. The Bertz CT molecular complexity index is 483. The largest absolute Gasteiger partial charge is 0.400 e. The smallest absolute Gasteiger partial charge is 0.163 e. The van der Waals surface area contributed by atoms with Crippen molar-refractivity contribution in [3.8, 4) is 0 Å². The van der Waals surface area contributed by atoms with Crippen LogP contribution in [-0.2, 0) is 0 Å². The van der Waals surface area contributed by atoms with Crippen LogP contribution in [0, 0.1) is 5.82 Å². The van der Waals surface area contributed by atoms with Gasteiger partial charge in [-0.2, -0.15) is 0 Å². The van der Waals surface area contributed by atoms with Gasteiger partial charge >= 0.3 is 0 Å². The molecule has 0 spiro atoms. The molecule has 2 rings (SSSR count). The molecule has 0 amide bonds. The number of carbonyl (C=O) groups is 1. The van der Waals surface area contributed by atoms with Crippen molar-refractivity contribution < 1.29 is 14.3 Å². The van der Waals surface area contributed by atoms with Crippen molar-refractivity contribution in [1.29, 1.82) is 0 Å². The summed E-state index contributed by atoms with van der Waals surface area (Å²) in [5.74, 6) is -0.449. The molecule has 0 saturated carbocycles. The lowest BCUT2D eigenvalue weighted by Gasteiger charge is -1.91. The van der Waals surface area contributed by atoms with Crippen molar-refractivity contribution in [2.24, 2.45) is 0 Å². The predicted molar refractivity (Wildman–Crippen MR) is 72.0 cm³/mol. The number of carbonyl (C=O) groups excluding carboxylic acids is 1. The van der Waals surface area contributed by atoms with E-state index in [0.29, 0.717) is 21.8 Å². The highest BCUT2D eigenvalue weighted by Crippen LogP contribution is 2.27. The molecule has 17 heavy (non-hydrogen) atoms. The number of fused-ring (bicyclic) bond motifs is 1. The Balaban J connectivity index is 0.000000581. The maximum Gasteiger partial charge on any atom is 0.163 e. The van der Waals surface area contributed by atoms with Gasteiger partial charge in [0.05, 0.1) is 0 Å². The Morgan fingerprint density at radius 3 is 2.47 bits per heavy atom. The molecule has 1 aromatic heterocycles. The van der Waals surface area contributed by atoms with Gasteiger partial charge in [-0.1, -0.05) is 37.5 Å². The second-order valence-corrected chi connectivity index (χ2v) is 3.74. The number of aliphatic hydroxyl groups excluding tert-OH is 1. The number of thiophene rings is 1. The second-order valence-electron chi connectivity index (χ2n) is 2.65. The summed E-state index contributed by atoms with van der Waals surface area (Å²) in [7, 11) is 6.52. The van der Waals surface area contributed by atoms with E-state index in [9.17, 15) is 9.18 Å². The monoisotopic (exact) mass is 252 g/mol. The summed E-state index contributed by atoms with van der Waals surface area (Å²) < 4.78 is 14.0. The fourth-order valence-corrected chi connectivity index (χ4v) is 2.12. The lowest BCUT2D eigenvalue weighted by molar-refractivity contribution is 0.112. The number of halogens is 1. The molecule has 0 aliphatic heterocycles. The molecular weight excluding hydrogens is 238 g/mol. The Hall–Kier alpha value is -1.20. The van der Waals surface area contributed by atoms with Crippen LogP contribution in [0.25, 0.3) is 10.1 Å². The number of benzene rings is 1. The molecule has 2 nitrogen and oxygen atoms in total. The zero-order chi connectivity index (χ0) is 13.4. The van der Waals surface area contributed by atoms with Crippen molar-refractivity contribution in [1.82, 2.24) is 0 Å². The van der Waals surface area contributed by atoms with Crippen LogP contribution in [-0.4, -0.2) is 26.3 Å². The summed E-state index contributed by atoms with van der Waals surface area (Å²) in [5.41, 5.74) is 0.575. The van der Waals surface area contributed by atoms with Gasteiger partial charge in [0.2, 0.25) is 0 Å². The van der Waals surface area contributed by atoms with Gasteiger partial charge in [-0.25, -0.2) is 4.39 Å². The number of aliphatic hydroxyl groups is 1. The van der Waals surface area contributed by atoms with Crippen LogP contribution in [0.5, 0.6) is 0 Å². The van der Waals surface area contributed by atoms with Crippen LogP contribution in [0.3, 0.4) is 0 Å². The zero-order valence-electron chi connectivity index (χ0n) is 10.0. The Morgan fingerprint density at radius 2 is 1.94 bits per heavy atom. The lowest BCUT2D eigenvalue weighted by atomic mass is 9.96. The third-order valence-corrected chi connectivity index (χ3v) is 2.84. The van der Waals surface area contributed by atoms with Gasteiger partial charge in [-0.15, -0.1) is 11.3 Å². The zero-order valence-corrected chi connectivity index (χ0v) is 10.8. The van der Waals surface area contributed by atoms with Crippen LogP contribution in [0.2, 0.25) is 0 Å². The SMILES string of the molecule is CC.CO.[B]c1ccc2c(F)c(C=O)sc2c1. The first-order valence-electron chi connectivity index (χ1n) is 5.10. The molecule has 1 heterocycles. The average molecular weight is 252 g/mol. The third kappa shape index (κ3) is 3.65. The van der Waals surface area contributed by atoms with Crippen LogP contribution in [0.1, 0.15) is 23.5 Å². The first kappa shape index (κ1) is 15.8. The molecule has 0 fully saturated rings. The Kier molecular flexibility index (Phi) is 7.42. The molecule has 5 heteroatoms. The number of rotatable bonds is 1. The van der Waals surface area contributed by atoms with E-state index in [1.165, 1.54) is 0 Å². The summed E-state index contributed by atoms with van der Waals surface area (Å²) in [5, 5.41) is 7.46. The lowest BCUT2D eigenvalue weighted by Crippen LogP contribution is -1.98. The van der Waals surface area contributed by atoms with Crippen LogP contribution in [0.4, 0.5) is 4.39 Å². The van der Waals surface area contributed by atoms with E-state index in [4.69, 9.17) is 13.0 Å². The normalized spacial score (nSPS) is 8.76. The quantitative estimate of drug-likeness (QED) is 0.624. The standard InChI is InChI=1S/C9H4BFOS.C2H6.CH4O/c10-5-1-2-6-7(3-5)13-8(4-12)9(6)11;2*1-2/h1-4H;1-2H3;2H,1H3. The van der Waals surface area contributed by atoms with Crippen LogP contribution >= 0.6 is 11.3 Å². The van der Waals surface area contributed by atoms with E-state index >= 15 is 0 Å². The van der Waals surface area contributed by atoms with Crippen molar-refractivity contribution in [2.75, 3.05) is 7.11 Å². The molecule has 0 saturated heterocycles. The molecule has 0 atom stereocenters. The van der Waals surface area contributed by atoms with Crippen molar-refractivity contribution in [2.45, 2.75) is 13.8 Å². The van der Waals surface area contributed by atoms with E-state index < -0.39 is 5.82 Å². The topological polar surface area (TPSA) is 37.3 Å². The van der Waals surface area contributed by atoms with Crippen LogP contribution < -0.4 is 5.46 Å². The molecule has 2 aromatic rings. The van der Waals surface area contributed by atoms with E-state index in [1.54, 1.807) is 18.2 Å². The minimum Gasteiger partial charge on any atom is -0.400 e. The first-order valence-corrected chi connectivity index (χ1v) is 5.91. The minimum absolute atomic E-state index is 0.126. The summed E-state index contributed by atoms with van der Waals surface area (Å²) >= 11 is 1.11. The summed E-state index contributed by atoms with van der Waals surface area (Å²) in [6.45, 7) is 4.00. The van der Waals surface area contributed by atoms with E-state index in [0.717, 1.165) is 18.4 Å². The Labute approximate surface area is 105 Å². The molecule has 0 aliphatic rings. The van der Waals surface area contributed by atoms with Gasteiger partial charge in [-0.3, -0.25) is 4.79 Å². The molecule has 0 unspecified atom stereocenters. The van der Waals surface area contributed by atoms with Gasteiger partial charge in [-0.05, 0) is 0 Å². The van der Waals surface area contributed by atoms with Crippen molar-refractivity contribution >= 4 is 41.0 Å². The fourth-order valence-electron chi connectivity index (χ4n) is 1.18. The number of hydrogen-bond donors (Lipinski definition) is 1. The number of hydrogen-bond acceptors (Lipinski definition) is 3. The van der Waals surface area contributed by atoms with Crippen LogP contribution in [0.15, 0.2) is 18.2 Å². The molecule has 0 aliphatic carbocycles. The van der Waals surface area contributed by atoms with Crippen molar-refractivity contribution in [3.05, 3.63) is 28.9 Å². The summed E-state index contributed by atoms with van der Waals surface area (Å²) in [4.78, 5) is 10.5. The highest BCUT2D eigenvalue weighted by atomic mass is 32.1. The summed E-state index contributed by atoms with van der Waals surface area (Å²) in [6.07, 6.45) is 0.524. The minimum atomic E-state index is -0.449. The Morgan fingerprint density at radius 1 is 1.35 bits per heavy atom. The van der Waals surface area contributed by atoms with Gasteiger partial charge in [0.15, 0.2) is 12.1 Å². The maximum absolute atomic E-state index is 13.3. The predicted octanol–water partition coefficient (Wildman–Crippen LogP) is 2.28.